The molecule has 1 aliphatic heterocycles. The third kappa shape index (κ3) is 3.33. The molecule has 3 heterocycles. The number of hydrogen-bond donors (Lipinski definition) is 1. The van der Waals surface area contributed by atoms with Gasteiger partial charge in [-0.05, 0) is 30.7 Å². The minimum Gasteiger partial charge on any atom is -0.355 e. The average Bonchev–Trinajstić information content (AvgIpc) is 3.10. The van der Waals surface area contributed by atoms with E-state index in [4.69, 9.17) is 0 Å². The predicted octanol–water partition coefficient (Wildman–Crippen LogP) is 2.19. The summed E-state index contributed by atoms with van der Waals surface area (Å²) < 4.78 is 28.2. The number of hydrogen-bond acceptors (Lipinski definition) is 5. The van der Waals surface area contributed by atoms with E-state index in [1.165, 1.54) is 6.20 Å². The van der Waals surface area contributed by atoms with Crippen molar-refractivity contribution in [3.63, 3.8) is 0 Å². The number of sulfonamides is 1. The molecule has 1 atom stereocenters. The van der Waals surface area contributed by atoms with Crippen molar-refractivity contribution in [2.45, 2.75) is 17.4 Å². The Bertz CT molecular complexity index is 992. The van der Waals surface area contributed by atoms with Gasteiger partial charge < -0.3 is 4.90 Å². The first-order valence-electron chi connectivity index (χ1n) is 8.15. The highest BCUT2D eigenvalue weighted by Gasteiger charge is 2.28. The number of nitrogens with one attached hydrogen (secondary N) is 1. The highest BCUT2D eigenvalue weighted by molar-refractivity contribution is 7.89. The highest BCUT2D eigenvalue weighted by Crippen LogP contribution is 2.20. The van der Waals surface area contributed by atoms with Crippen molar-refractivity contribution in [3.05, 3.63) is 60.9 Å². The first kappa shape index (κ1) is 16.0. The second-order valence-corrected chi connectivity index (χ2v) is 7.82. The molecule has 0 aliphatic carbocycles. The first-order valence-corrected chi connectivity index (χ1v) is 9.63. The van der Waals surface area contributed by atoms with Crippen molar-refractivity contribution in [1.82, 2.24) is 14.7 Å². The van der Waals surface area contributed by atoms with Crippen molar-refractivity contribution in [3.8, 4) is 0 Å². The molecule has 1 aliphatic rings. The van der Waals surface area contributed by atoms with Gasteiger partial charge in [-0.1, -0.05) is 24.3 Å². The number of anilines is 1. The summed E-state index contributed by atoms with van der Waals surface area (Å²) in [4.78, 5) is 10.9. The largest absolute Gasteiger partial charge is 0.355 e. The molecule has 0 spiro atoms. The molecular formula is C18H18N4O2S. The molecule has 0 amide bonds. The van der Waals surface area contributed by atoms with Crippen molar-refractivity contribution in [2.75, 3.05) is 18.0 Å². The van der Waals surface area contributed by atoms with Crippen LogP contribution in [0.3, 0.4) is 0 Å². The SMILES string of the molecule is O=S(=O)(N[C@@H]1CCN(c2ccccn2)C1)c1cnc2ccccc2c1. The smallest absolute Gasteiger partial charge is 0.242 e. The molecule has 1 aromatic carbocycles. The molecule has 0 bridgehead atoms. The van der Waals surface area contributed by atoms with E-state index >= 15 is 0 Å². The van der Waals surface area contributed by atoms with E-state index < -0.39 is 10.0 Å². The monoisotopic (exact) mass is 354 g/mol. The van der Waals surface area contributed by atoms with Gasteiger partial charge in [0.1, 0.15) is 10.7 Å². The van der Waals surface area contributed by atoms with Crippen LogP contribution in [-0.4, -0.2) is 37.5 Å². The maximum atomic E-state index is 12.7. The van der Waals surface area contributed by atoms with Crippen molar-refractivity contribution >= 4 is 26.7 Å². The van der Waals surface area contributed by atoms with E-state index in [1.807, 2.05) is 42.5 Å². The molecule has 128 valence electrons. The van der Waals surface area contributed by atoms with Gasteiger partial charge in [-0.3, -0.25) is 4.98 Å². The van der Waals surface area contributed by atoms with Gasteiger partial charge in [-0.15, -0.1) is 0 Å². The van der Waals surface area contributed by atoms with Gasteiger partial charge in [-0.25, -0.2) is 18.1 Å². The van der Waals surface area contributed by atoms with Gasteiger partial charge in [0.15, 0.2) is 0 Å². The van der Waals surface area contributed by atoms with Crippen LogP contribution < -0.4 is 9.62 Å². The summed E-state index contributed by atoms with van der Waals surface area (Å²) >= 11 is 0. The van der Waals surface area contributed by atoms with E-state index in [-0.39, 0.29) is 10.9 Å². The van der Waals surface area contributed by atoms with Gasteiger partial charge >= 0.3 is 0 Å². The van der Waals surface area contributed by atoms with Gasteiger partial charge in [-0.2, -0.15) is 0 Å². The molecule has 0 saturated carbocycles. The lowest BCUT2D eigenvalue weighted by Gasteiger charge is -2.17. The Morgan fingerprint density at radius 1 is 1.08 bits per heavy atom. The fourth-order valence-corrected chi connectivity index (χ4v) is 4.33. The molecule has 25 heavy (non-hydrogen) atoms. The second kappa shape index (κ2) is 6.42. The fourth-order valence-electron chi connectivity index (χ4n) is 3.09. The summed E-state index contributed by atoms with van der Waals surface area (Å²) in [6.45, 7) is 1.39. The van der Waals surface area contributed by atoms with Crippen LogP contribution in [0.15, 0.2) is 65.8 Å². The minimum absolute atomic E-state index is 0.140. The Kier molecular flexibility index (Phi) is 4.10. The topological polar surface area (TPSA) is 75.2 Å². The van der Waals surface area contributed by atoms with E-state index in [9.17, 15) is 8.42 Å². The Hall–Kier alpha value is -2.51. The van der Waals surface area contributed by atoms with Crippen LogP contribution in [0.5, 0.6) is 0 Å². The van der Waals surface area contributed by atoms with E-state index in [0.717, 1.165) is 29.7 Å². The van der Waals surface area contributed by atoms with E-state index in [2.05, 4.69) is 19.6 Å². The summed E-state index contributed by atoms with van der Waals surface area (Å²) in [5.74, 6) is 0.872. The quantitative estimate of drug-likeness (QED) is 0.777. The maximum Gasteiger partial charge on any atom is 0.242 e. The predicted molar refractivity (Wildman–Crippen MR) is 96.9 cm³/mol. The number of para-hydroxylation sites is 1. The van der Waals surface area contributed by atoms with Crippen LogP contribution in [0.1, 0.15) is 6.42 Å². The molecule has 1 saturated heterocycles. The maximum absolute atomic E-state index is 12.7. The highest BCUT2D eigenvalue weighted by atomic mass is 32.2. The molecule has 0 radical (unpaired) electrons. The summed E-state index contributed by atoms with van der Waals surface area (Å²) in [5.41, 5.74) is 0.781. The van der Waals surface area contributed by atoms with Crippen LogP contribution in [-0.2, 0) is 10.0 Å². The Morgan fingerprint density at radius 2 is 1.92 bits per heavy atom. The van der Waals surface area contributed by atoms with Crippen LogP contribution in [0.25, 0.3) is 10.9 Å². The van der Waals surface area contributed by atoms with Gasteiger partial charge in [0.2, 0.25) is 10.0 Å². The number of nitrogens with zero attached hydrogens (tertiary/aromatic N) is 3. The standard InChI is InChI=1S/C18H18N4O2S/c23-25(24,16-11-14-5-1-2-6-17(14)20-12-16)21-15-8-10-22(13-15)18-7-3-4-9-19-18/h1-7,9,11-12,15,21H,8,10,13H2/t15-/m1/s1. The summed E-state index contributed by atoms with van der Waals surface area (Å²) in [6, 6.07) is 14.7. The first-order chi connectivity index (χ1) is 12.1. The number of rotatable bonds is 4. The molecule has 1 N–H and O–H groups in total. The zero-order valence-corrected chi connectivity index (χ0v) is 14.4. The number of aromatic nitrogens is 2. The fraction of sp³-hybridized carbons (Fsp3) is 0.222. The third-order valence-corrected chi connectivity index (χ3v) is 5.85. The van der Waals surface area contributed by atoms with Crippen molar-refractivity contribution in [1.29, 1.82) is 0 Å². The Labute approximate surface area is 146 Å². The molecule has 6 nitrogen and oxygen atoms in total. The van der Waals surface area contributed by atoms with E-state index in [1.54, 1.807) is 12.3 Å². The summed E-state index contributed by atoms with van der Waals surface area (Å²) in [7, 11) is -3.60. The summed E-state index contributed by atoms with van der Waals surface area (Å²) in [5, 5.41) is 0.812. The van der Waals surface area contributed by atoms with Gasteiger partial charge in [0, 0.05) is 36.9 Å². The molecule has 0 unspecified atom stereocenters. The second-order valence-electron chi connectivity index (χ2n) is 6.10. The van der Waals surface area contributed by atoms with Crippen molar-refractivity contribution in [2.24, 2.45) is 0 Å². The lowest BCUT2D eigenvalue weighted by atomic mass is 10.2. The normalized spacial score (nSPS) is 17.9. The number of fused-ring (bicyclic) bond motifs is 1. The lowest BCUT2D eigenvalue weighted by Crippen LogP contribution is -2.37. The van der Waals surface area contributed by atoms with Gasteiger partial charge in [0.25, 0.3) is 0 Å². The lowest BCUT2D eigenvalue weighted by molar-refractivity contribution is 0.561. The summed E-state index contributed by atoms with van der Waals surface area (Å²) in [6.07, 6.45) is 3.90. The average molecular weight is 354 g/mol. The third-order valence-electron chi connectivity index (χ3n) is 4.36. The molecular weight excluding hydrogens is 336 g/mol. The van der Waals surface area contributed by atoms with Gasteiger partial charge in [0.05, 0.1) is 5.52 Å². The Balaban J connectivity index is 1.51. The van der Waals surface area contributed by atoms with Crippen molar-refractivity contribution < 1.29 is 8.42 Å². The van der Waals surface area contributed by atoms with Crippen LogP contribution >= 0.6 is 0 Å². The van der Waals surface area contributed by atoms with E-state index in [0.29, 0.717) is 6.54 Å². The van der Waals surface area contributed by atoms with Crippen LogP contribution in [0, 0.1) is 0 Å². The zero-order chi connectivity index (χ0) is 17.3. The Morgan fingerprint density at radius 3 is 2.76 bits per heavy atom. The van der Waals surface area contributed by atoms with Crippen LogP contribution in [0.4, 0.5) is 5.82 Å². The minimum atomic E-state index is -3.60. The molecule has 4 rings (SSSR count). The zero-order valence-electron chi connectivity index (χ0n) is 13.5. The van der Waals surface area contributed by atoms with Crippen LogP contribution in [0.2, 0.25) is 0 Å². The number of pyridine rings is 2. The molecule has 3 aromatic rings. The molecule has 2 aromatic heterocycles. The number of benzene rings is 1. The molecule has 7 heteroatoms. The molecule has 1 fully saturated rings.